The van der Waals surface area contributed by atoms with Crippen LogP contribution in [0.4, 0.5) is 0 Å². The van der Waals surface area contributed by atoms with Crippen LogP contribution in [0.5, 0.6) is 0 Å². The minimum atomic E-state index is -0.860. The van der Waals surface area contributed by atoms with E-state index in [0.717, 1.165) is 0 Å². The Bertz CT molecular complexity index is 204. The third-order valence-electron chi connectivity index (χ3n) is 4.07. The van der Waals surface area contributed by atoms with Crippen LogP contribution >= 0.6 is 0 Å². The van der Waals surface area contributed by atoms with Crippen LogP contribution in [0.2, 0.25) is 24.2 Å². The van der Waals surface area contributed by atoms with Crippen molar-refractivity contribution in [1.82, 2.24) is 0 Å². The molecule has 0 N–H and O–H groups in total. The van der Waals surface area contributed by atoms with Gasteiger partial charge >= 0.3 is 0 Å². The lowest BCUT2D eigenvalue weighted by atomic mass is 10.3. The van der Waals surface area contributed by atoms with Crippen molar-refractivity contribution < 1.29 is 0 Å². The Labute approximate surface area is 103 Å². The lowest BCUT2D eigenvalue weighted by molar-refractivity contribution is 0.697. The molecule has 0 bridgehead atoms. The molecule has 0 saturated carbocycles. The Morgan fingerprint density at radius 3 is 1.75 bits per heavy atom. The van der Waals surface area contributed by atoms with Gasteiger partial charge in [-0.1, -0.05) is 67.7 Å². The quantitative estimate of drug-likeness (QED) is 0.419. The zero-order valence-electron chi connectivity index (χ0n) is 11.2. The van der Waals surface area contributed by atoms with Gasteiger partial charge in [0.25, 0.3) is 0 Å². The third kappa shape index (κ3) is 4.69. The highest BCUT2D eigenvalue weighted by atomic mass is 28.3. The summed E-state index contributed by atoms with van der Waals surface area (Å²) in [5.41, 5.74) is 0. The maximum atomic E-state index is 2.37. The summed E-state index contributed by atoms with van der Waals surface area (Å²) in [6.07, 6.45) is 16.4. The van der Waals surface area contributed by atoms with Gasteiger partial charge in [-0.05, 0) is 26.7 Å². The smallest absolute Gasteiger partial charge is 0.0541 e. The van der Waals surface area contributed by atoms with Crippen LogP contribution in [-0.4, -0.2) is 8.07 Å². The van der Waals surface area contributed by atoms with E-state index < -0.39 is 8.07 Å². The highest BCUT2D eigenvalue weighted by Crippen LogP contribution is 2.37. The molecule has 92 valence electrons. The first-order valence-corrected chi connectivity index (χ1v) is 9.88. The van der Waals surface area contributed by atoms with Crippen LogP contribution in [0.15, 0.2) is 24.3 Å². The summed E-state index contributed by atoms with van der Waals surface area (Å²) < 4.78 is 0. The minimum Gasteiger partial charge on any atom is -0.0917 e. The average Bonchev–Trinajstić information content (AvgIpc) is 2.31. The second-order valence-electron chi connectivity index (χ2n) is 5.28. The number of allylic oxidation sites excluding steroid dienone is 4. The fourth-order valence-corrected chi connectivity index (χ4v) is 8.10. The maximum absolute atomic E-state index is 2.37. The van der Waals surface area contributed by atoms with Crippen molar-refractivity contribution in [3.05, 3.63) is 24.3 Å². The number of hydrogen-bond donors (Lipinski definition) is 0. The van der Waals surface area contributed by atoms with Crippen LogP contribution in [0, 0.1) is 0 Å². The molecule has 0 aromatic carbocycles. The highest BCUT2D eigenvalue weighted by molar-refractivity contribution is 6.80. The molecule has 0 nitrogen and oxygen atoms in total. The molecule has 0 atom stereocenters. The predicted molar refractivity (Wildman–Crippen MR) is 77.7 cm³/mol. The van der Waals surface area contributed by atoms with E-state index in [-0.39, 0.29) is 0 Å². The SMILES string of the molecule is C/C=C/CC[Si]1(CC/C=C/C)CCCCC1. The van der Waals surface area contributed by atoms with Gasteiger partial charge in [-0.25, -0.2) is 0 Å². The van der Waals surface area contributed by atoms with Gasteiger partial charge in [0.1, 0.15) is 0 Å². The van der Waals surface area contributed by atoms with Crippen molar-refractivity contribution >= 4 is 8.07 Å². The van der Waals surface area contributed by atoms with E-state index in [1.807, 2.05) is 0 Å². The van der Waals surface area contributed by atoms with Gasteiger partial charge < -0.3 is 0 Å². The third-order valence-corrected chi connectivity index (χ3v) is 9.60. The number of hydrogen-bond acceptors (Lipinski definition) is 0. The fourth-order valence-electron chi connectivity index (χ4n) is 3.04. The molecule has 1 aliphatic heterocycles. The largest absolute Gasteiger partial charge is 0.0917 e. The Morgan fingerprint density at radius 2 is 1.31 bits per heavy atom. The molecule has 0 aromatic heterocycles. The summed E-state index contributed by atoms with van der Waals surface area (Å²) >= 11 is 0. The second-order valence-corrected chi connectivity index (χ2v) is 10.3. The molecular formula is C15H28Si. The van der Waals surface area contributed by atoms with E-state index in [4.69, 9.17) is 0 Å². The van der Waals surface area contributed by atoms with E-state index in [0.29, 0.717) is 0 Å². The molecule has 0 aliphatic carbocycles. The standard InChI is InChI=1S/C15H28Si/c1-3-5-8-12-16(13-9-6-4-2)14-10-7-11-15-16/h3-6H,7-15H2,1-2H3/b5-3+,6-4+. The fraction of sp³-hybridized carbons (Fsp3) is 0.733. The van der Waals surface area contributed by atoms with E-state index in [1.165, 1.54) is 32.1 Å². The molecular weight excluding hydrogens is 208 g/mol. The summed E-state index contributed by atoms with van der Waals surface area (Å²) in [6.45, 7) is 4.30. The molecule has 1 fully saturated rings. The molecule has 0 radical (unpaired) electrons. The Morgan fingerprint density at radius 1 is 0.812 bits per heavy atom. The van der Waals surface area contributed by atoms with Gasteiger partial charge in [-0.3, -0.25) is 0 Å². The topological polar surface area (TPSA) is 0 Å². The molecule has 1 rings (SSSR count). The average molecular weight is 236 g/mol. The van der Waals surface area contributed by atoms with Crippen LogP contribution in [0.3, 0.4) is 0 Å². The summed E-state index contributed by atoms with van der Waals surface area (Å²) in [5, 5.41) is 0. The van der Waals surface area contributed by atoms with Gasteiger partial charge in [-0.15, -0.1) is 0 Å². The normalized spacial score (nSPS) is 20.9. The summed E-state index contributed by atoms with van der Waals surface area (Å²) in [6, 6.07) is 6.33. The van der Waals surface area contributed by atoms with Crippen molar-refractivity contribution in [3.8, 4) is 0 Å². The molecule has 0 aromatic rings. The van der Waals surface area contributed by atoms with Crippen LogP contribution in [-0.2, 0) is 0 Å². The molecule has 16 heavy (non-hydrogen) atoms. The summed E-state index contributed by atoms with van der Waals surface area (Å²) in [4.78, 5) is 0. The van der Waals surface area contributed by atoms with Crippen molar-refractivity contribution in [2.45, 2.75) is 70.1 Å². The molecule has 1 heterocycles. The van der Waals surface area contributed by atoms with E-state index in [1.54, 1.807) is 24.2 Å². The lowest BCUT2D eigenvalue weighted by Crippen LogP contribution is -2.35. The van der Waals surface area contributed by atoms with E-state index >= 15 is 0 Å². The molecule has 0 amide bonds. The lowest BCUT2D eigenvalue weighted by Gasteiger charge is -2.35. The Kier molecular flexibility index (Phi) is 6.78. The first-order valence-electron chi connectivity index (χ1n) is 7.05. The van der Waals surface area contributed by atoms with Crippen LogP contribution < -0.4 is 0 Å². The maximum Gasteiger partial charge on any atom is 0.0541 e. The molecule has 0 unspecified atom stereocenters. The van der Waals surface area contributed by atoms with Crippen molar-refractivity contribution in [3.63, 3.8) is 0 Å². The monoisotopic (exact) mass is 236 g/mol. The summed E-state index contributed by atoms with van der Waals surface area (Å²) in [7, 11) is -0.860. The van der Waals surface area contributed by atoms with E-state index in [2.05, 4.69) is 38.2 Å². The zero-order chi connectivity index (χ0) is 11.7. The van der Waals surface area contributed by atoms with Crippen molar-refractivity contribution in [2.75, 3.05) is 0 Å². The zero-order valence-corrected chi connectivity index (χ0v) is 12.2. The molecule has 1 saturated heterocycles. The van der Waals surface area contributed by atoms with Crippen LogP contribution in [0.1, 0.15) is 46.0 Å². The van der Waals surface area contributed by atoms with Gasteiger partial charge in [-0.2, -0.15) is 0 Å². The first-order chi connectivity index (χ1) is 7.83. The summed E-state index contributed by atoms with van der Waals surface area (Å²) in [5.74, 6) is 0. The van der Waals surface area contributed by atoms with Gasteiger partial charge in [0, 0.05) is 0 Å². The first kappa shape index (κ1) is 13.8. The van der Waals surface area contributed by atoms with Crippen LogP contribution in [0.25, 0.3) is 0 Å². The Hall–Kier alpha value is -0.303. The molecule has 0 spiro atoms. The Balaban J connectivity index is 2.45. The molecule has 1 aliphatic rings. The van der Waals surface area contributed by atoms with E-state index in [9.17, 15) is 0 Å². The second kappa shape index (κ2) is 7.89. The number of rotatable bonds is 6. The van der Waals surface area contributed by atoms with Gasteiger partial charge in [0.2, 0.25) is 0 Å². The molecule has 1 heteroatoms. The predicted octanol–water partition coefficient (Wildman–Crippen LogP) is 5.55. The van der Waals surface area contributed by atoms with Crippen molar-refractivity contribution in [2.24, 2.45) is 0 Å². The van der Waals surface area contributed by atoms with Gasteiger partial charge in [0.05, 0.1) is 8.07 Å². The van der Waals surface area contributed by atoms with Gasteiger partial charge in [0.15, 0.2) is 0 Å². The minimum absolute atomic E-state index is 0.860. The highest BCUT2D eigenvalue weighted by Gasteiger charge is 2.32. The van der Waals surface area contributed by atoms with Crippen molar-refractivity contribution in [1.29, 1.82) is 0 Å².